The summed E-state index contributed by atoms with van der Waals surface area (Å²) in [6.45, 7) is 5.42. The molecule has 0 aliphatic carbocycles. The Balaban J connectivity index is 0.00000714. The molecule has 1 saturated heterocycles. The minimum Gasteiger partial charge on any atom is -0.508 e. The monoisotopic (exact) mass is 1190 g/mol. The topological polar surface area (TPSA) is 394 Å². The van der Waals surface area contributed by atoms with E-state index >= 15 is 4.79 Å². The third-order valence-electron chi connectivity index (χ3n) is 13.0. The van der Waals surface area contributed by atoms with E-state index in [9.17, 15) is 53.7 Å². The highest BCUT2D eigenvalue weighted by Crippen LogP contribution is 2.25. The number of nitrogens with one attached hydrogen (secondary N) is 6. The van der Waals surface area contributed by atoms with Gasteiger partial charge in [0.05, 0.1) is 12.1 Å². The average Bonchev–Trinajstić information content (AvgIpc) is 3.65. The molecule has 0 aromatic heterocycles. The van der Waals surface area contributed by atoms with Crippen LogP contribution in [0.3, 0.4) is 0 Å². The maximum absolute atomic E-state index is 15.0. The number of likely N-dealkylation sites (N-methyl/N-ethyl adjacent to an activating group) is 1. The number of aromatic hydroxyl groups is 2. The Kier molecular flexibility index (Phi) is 27.4. The Bertz CT molecular complexity index is 2800. The molecule has 1 aliphatic rings. The number of benzene rings is 4. The Morgan fingerprint density at radius 3 is 1.79 bits per heavy atom. The van der Waals surface area contributed by atoms with Crippen molar-refractivity contribution < 1.29 is 58.5 Å². The first kappa shape index (κ1) is 67.1. The van der Waals surface area contributed by atoms with Crippen LogP contribution in [0.15, 0.2) is 97.1 Å². The quantitative estimate of drug-likeness (QED) is 0.0452. The summed E-state index contributed by atoms with van der Waals surface area (Å²) in [5.74, 6) is -8.62. The number of aliphatic hydroxyl groups is 1. The number of aliphatic hydroxyl groups excluding tert-OH is 1. The van der Waals surface area contributed by atoms with Crippen LogP contribution in [0, 0.1) is 0 Å². The molecule has 5 rings (SSSR count). The lowest BCUT2D eigenvalue weighted by molar-refractivity contribution is -0.142. The summed E-state index contributed by atoms with van der Waals surface area (Å²) in [6.07, 6.45) is -1.54. The smallest absolute Gasteiger partial charge is 0.248 e. The molecule has 0 unspecified atom stereocenters. The first-order chi connectivity index (χ1) is 39.0. The maximum Gasteiger partial charge on any atom is 0.248 e. The number of phenolic OH excluding ortho intramolecular Hbond substituents is 2. The molecular weight excluding hydrogens is 1120 g/mol. The zero-order valence-corrected chi connectivity index (χ0v) is 48.4. The van der Waals surface area contributed by atoms with Crippen LogP contribution < -0.4 is 54.8 Å². The molecular formula is C56H74ClN11O12S2. The predicted octanol–water partition coefficient (Wildman–Crippen LogP) is 0.600. The molecule has 444 valence electrons. The van der Waals surface area contributed by atoms with E-state index in [1.807, 2.05) is 13.8 Å². The van der Waals surface area contributed by atoms with E-state index in [0.29, 0.717) is 33.7 Å². The van der Waals surface area contributed by atoms with Crippen molar-refractivity contribution >= 4 is 86.4 Å². The third kappa shape index (κ3) is 21.2. The van der Waals surface area contributed by atoms with Gasteiger partial charge in [-0.25, -0.2) is 0 Å². The molecule has 23 nitrogen and oxygen atoms in total. The Morgan fingerprint density at radius 2 is 1.22 bits per heavy atom. The zero-order chi connectivity index (χ0) is 60.6. The molecule has 26 heteroatoms. The Hall–Kier alpha value is -7.42. The second kappa shape index (κ2) is 33.5. The fourth-order valence-corrected chi connectivity index (χ4v) is 10.8. The number of unbranched alkanes of at least 4 members (excludes halogenated alkanes) is 1. The average molecular weight is 1190 g/mol. The number of carbonyl (C=O) groups excluding carboxylic acids is 9. The van der Waals surface area contributed by atoms with Crippen LogP contribution in [0.4, 0.5) is 0 Å². The first-order valence-electron chi connectivity index (χ1n) is 26.5. The van der Waals surface area contributed by atoms with E-state index < -0.39 is 108 Å². The van der Waals surface area contributed by atoms with E-state index in [0.717, 1.165) is 26.5 Å². The zero-order valence-electron chi connectivity index (χ0n) is 46.0. The predicted molar refractivity (Wildman–Crippen MR) is 314 cm³/mol. The number of carbonyl (C=O) groups is 9. The van der Waals surface area contributed by atoms with Crippen molar-refractivity contribution in [3.63, 3.8) is 0 Å². The molecule has 82 heavy (non-hydrogen) atoms. The van der Waals surface area contributed by atoms with E-state index in [4.69, 9.17) is 34.5 Å². The first-order valence-corrected chi connectivity index (χ1v) is 29.3. The van der Waals surface area contributed by atoms with Crippen molar-refractivity contribution in [1.82, 2.24) is 36.8 Å². The van der Waals surface area contributed by atoms with Crippen LogP contribution in [0.5, 0.6) is 11.5 Å². The van der Waals surface area contributed by atoms with E-state index in [1.165, 1.54) is 86.8 Å². The molecule has 1 fully saturated rings. The largest absolute Gasteiger partial charge is 0.508 e. The van der Waals surface area contributed by atoms with Gasteiger partial charge in [-0.2, -0.15) is 0 Å². The van der Waals surface area contributed by atoms with Crippen LogP contribution in [-0.2, 0) is 64.0 Å². The van der Waals surface area contributed by atoms with Gasteiger partial charge in [0.25, 0.3) is 0 Å². The number of hydrogen-bond acceptors (Lipinski definition) is 16. The summed E-state index contributed by atoms with van der Waals surface area (Å²) >= 11 is 6.08. The van der Waals surface area contributed by atoms with Gasteiger partial charge in [-0.3, -0.25) is 43.2 Å². The molecule has 0 spiro atoms. The van der Waals surface area contributed by atoms with Crippen LogP contribution >= 0.6 is 33.2 Å². The van der Waals surface area contributed by atoms with Gasteiger partial charge in [-0.1, -0.05) is 95.6 Å². The summed E-state index contributed by atoms with van der Waals surface area (Å²) in [7, 11) is 3.25. The van der Waals surface area contributed by atoms with Crippen molar-refractivity contribution in [3.05, 3.63) is 130 Å². The molecule has 1 aliphatic heterocycles. The van der Waals surface area contributed by atoms with Crippen molar-refractivity contribution in [1.29, 1.82) is 0 Å². The van der Waals surface area contributed by atoms with Crippen LogP contribution in [0.25, 0.3) is 0 Å². The standard InChI is InChI=1S/C54H68ClN11O12S2.C2H6/c1-29(67)45-53(77)63-42(51(75)61-40(47(59)71)24-32-10-18-36(68)19-11-32)27-79-80-28-43(64-48(72)38(57)23-30-8-16-35(55)17-9-30)54(78)66(2)44(26-33-12-20-37(69)21-13-33)52(76)62-41(25-31-6-14-34(15-7-31)46(58)70)50(74)60-39(49(73)65-45)5-3-4-22-56;1-2/h6-21,29,38-45,67-69H,3-5,22-28,56-57H2,1-2H3,(H2,58,70)(H2,59,71)(H,60,74)(H,61,75)(H,62,76)(H,63,77)(H,64,72)(H,65,73);1-2H3/t29-,38+,39+,40-,41-,42+,43-,44+,45+;/m1./s1. The van der Waals surface area contributed by atoms with Gasteiger partial charge in [0.1, 0.15) is 53.8 Å². The highest BCUT2D eigenvalue weighted by atomic mass is 35.5. The Morgan fingerprint density at radius 1 is 0.695 bits per heavy atom. The molecule has 9 amide bonds. The second-order valence-electron chi connectivity index (χ2n) is 19.2. The van der Waals surface area contributed by atoms with Gasteiger partial charge in [0, 0.05) is 48.4 Å². The minimum absolute atomic E-state index is 0.0273. The minimum atomic E-state index is -1.76. The lowest BCUT2D eigenvalue weighted by Crippen LogP contribution is -2.62. The van der Waals surface area contributed by atoms with E-state index in [-0.39, 0.29) is 73.6 Å². The van der Waals surface area contributed by atoms with E-state index in [2.05, 4.69) is 31.9 Å². The van der Waals surface area contributed by atoms with Crippen molar-refractivity contribution in [2.45, 2.75) is 120 Å². The number of hydrogen-bond donors (Lipinski definition) is 13. The summed E-state index contributed by atoms with van der Waals surface area (Å²) in [4.78, 5) is 127. The summed E-state index contributed by atoms with van der Waals surface area (Å²) in [5, 5.41) is 47.2. The van der Waals surface area contributed by atoms with Gasteiger partial charge in [0.2, 0.25) is 53.2 Å². The van der Waals surface area contributed by atoms with Gasteiger partial charge in [0.15, 0.2) is 0 Å². The third-order valence-corrected chi connectivity index (χ3v) is 15.7. The van der Waals surface area contributed by atoms with Crippen molar-refractivity contribution in [2.75, 3.05) is 25.1 Å². The molecule has 9 atom stereocenters. The molecule has 1 heterocycles. The van der Waals surface area contributed by atoms with Crippen molar-refractivity contribution in [3.8, 4) is 11.5 Å². The van der Waals surface area contributed by atoms with Gasteiger partial charge >= 0.3 is 0 Å². The van der Waals surface area contributed by atoms with Crippen molar-refractivity contribution in [2.24, 2.45) is 22.9 Å². The number of primary amides is 2. The molecule has 4 aromatic carbocycles. The molecule has 0 radical (unpaired) electrons. The van der Waals surface area contributed by atoms with Crippen LogP contribution in [0.2, 0.25) is 5.02 Å². The summed E-state index contributed by atoms with van der Waals surface area (Å²) in [6, 6.07) is 12.4. The number of nitrogens with two attached hydrogens (primary N) is 4. The van der Waals surface area contributed by atoms with E-state index in [1.54, 1.807) is 24.3 Å². The van der Waals surface area contributed by atoms with Gasteiger partial charge in [-0.15, -0.1) is 0 Å². The fraction of sp³-hybridized carbons (Fsp3) is 0.411. The second-order valence-corrected chi connectivity index (χ2v) is 22.2. The maximum atomic E-state index is 15.0. The van der Waals surface area contributed by atoms with Crippen LogP contribution in [0.1, 0.15) is 72.6 Å². The number of phenols is 2. The molecule has 17 N–H and O–H groups in total. The summed E-state index contributed by atoms with van der Waals surface area (Å²) < 4.78 is 0. The number of rotatable bonds is 19. The van der Waals surface area contributed by atoms with Gasteiger partial charge in [-0.05, 0) is 110 Å². The number of halogens is 1. The summed E-state index contributed by atoms with van der Waals surface area (Å²) in [5.41, 5.74) is 25.6. The lowest BCUT2D eigenvalue weighted by Gasteiger charge is -2.33. The molecule has 0 saturated carbocycles. The highest BCUT2D eigenvalue weighted by molar-refractivity contribution is 8.76. The molecule has 0 bridgehead atoms. The SMILES string of the molecule is CC.C[C@@H](O)[C@@H]1NC(=O)[C@H](CCCCN)NC(=O)[C@@H](Cc2ccc(C(N)=O)cc2)NC(=O)[C@H](Cc2ccc(O)cc2)N(C)C(=O)[C@H](NC(=O)[C@@H](N)Cc2ccc(Cl)cc2)CSSC[C@@H](C(=O)N[C@H](Cc2ccc(O)cc2)C(N)=O)NC1=O. The normalized spacial score (nSPS) is 20.6. The number of nitrogens with zero attached hydrogens (tertiary/aromatic N) is 1. The fourth-order valence-electron chi connectivity index (χ4n) is 8.33. The van der Waals surface area contributed by atoms with Crippen LogP contribution in [-0.4, -0.2) is 153 Å². The van der Waals surface area contributed by atoms with Gasteiger partial charge < -0.3 is 75.1 Å². The number of amides is 9. The highest BCUT2D eigenvalue weighted by Gasteiger charge is 2.38. The Labute approximate surface area is 488 Å². The lowest BCUT2D eigenvalue weighted by atomic mass is 9.99. The molecule has 4 aromatic rings.